The highest BCUT2D eigenvalue weighted by Gasteiger charge is 2.16. The Morgan fingerprint density at radius 2 is 2.31 bits per heavy atom. The van der Waals surface area contributed by atoms with Crippen LogP contribution in [0.2, 0.25) is 0 Å². The highest BCUT2D eigenvalue weighted by atomic mass is 19.1. The van der Waals surface area contributed by atoms with E-state index in [0.29, 0.717) is 6.04 Å². The zero-order valence-corrected chi connectivity index (χ0v) is 7.81. The summed E-state index contributed by atoms with van der Waals surface area (Å²) < 4.78 is 13.0. The molecule has 13 heavy (non-hydrogen) atoms. The van der Waals surface area contributed by atoms with Crippen LogP contribution in [0.3, 0.4) is 0 Å². The van der Waals surface area contributed by atoms with Crippen molar-refractivity contribution >= 4 is 0 Å². The Morgan fingerprint density at radius 1 is 1.46 bits per heavy atom. The van der Waals surface area contributed by atoms with Gasteiger partial charge in [-0.3, -0.25) is 0 Å². The Morgan fingerprint density at radius 3 is 2.92 bits per heavy atom. The van der Waals surface area contributed by atoms with Crippen molar-refractivity contribution in [3.05, 3.63) is 35.1 Å². The number of rotatable bonds is 1. The van der Waals surface area contributed by atoms with E-state index in [0.717, 1.165) is 12.1 Å². The molecule has 1 N–H and O–H groups in total. The van der Waals surface area contributed by atoms with Gasteiger partial charge in [-0.2, -0.15) is 0 Å². The van der Waals surface area contributed by atoms with Crippen molar-refractivity contribution in [2.24, 2.45) is 0 Å². The van der Waals surface area contributed by atoms with Crippen molar-refractivity contribution in [1.29, 1.82) is 0 Å². The molecule has 1 heterocycles. The van der Waals surface area contributed by atoms with Gasteiger partial charge in [-0.1, -0.05) is 12.1 Å². The number of halogens is 1. The van der Waals surface area contributed by atoms with Gasteiger partial charge in [-0.15, -0.1) is 0 Å². The molecule has 1 unspecified atom stereocenters. The number of benzene rings is 1. The van der Waals surface area contributed by atoms with Gasteiger partial charge in [0.1, 0.15) is 5.82 Å². The van der Waals surface area contributed by atoms with Crippen LogP contribution < -0.4 is 5.32 Å². The van der Waals surface area contributed by atoms with Gasteiger partial charge in [-0.05, 0) is 43.5 Å². The van der Waals surface area contributed by atoms with Crippen LogP contribution >= 0.6 is 0 Å². The minimum absolute atomic E-state index is 0.109. The molecule has 0 saturated carbocycles. The first-order valence-electron chi connectivity index (χ1n) is 4.77. The minimum Gasteiger partial charge on any atom is -0.310 e. The highest BCUT2D eigenvalue weighted by molar-refractivity contribution is 5.26. The molecular formula is C11H14FN. The molecule has 1 atom stereocenters. The van der Waals surface area contributed by atoms with Crippen LogP contribution in [0.25, 0.3) is 0 Å². The molecule has 0 amide bonds. The largest absolute Gasteiger partial charge is 0.310 e. The maximum atomic E-state index is 13.0. The fourth-order valence-electron chi connectivity index (χ4n) is 1.85. The summed E-state index contributed by atoms with van der Waals surface area (Å²) in [7, 11) is 0. The number of aryl methyl sites for hydroxylation is 1. The molecule has 0 aliphatic carbocycles. The van der Waals surface area contributed by atoms with Gasteiger partial charge in [0.2, 0.25) is 0 Å². The Bertz CT molecular complexity index is 303. The summed E-state index contributed by atoms with van der Waals surface area (Å²) in [4.78, 5) is 0. The fraction of sp³-hybridized carbons (Fsp3) is 0.455. The molecule has 1 aromatic rings. The quantitative estimate of drug-likeness (QED) is 0.698. The smallest absolute Gasteiger partial charge is 0.126 e. The molecule has 0 spiro atoms. The van der Waals surface area contributed by atoms with E-state index in [9.17, 15) is 4.39 Å². The van der Waals surface area contributed by atoms with Crippen molar-refractivity contribution in [2.45, 2.75) is 25.8 Å². The lowest BCUT2D eigenvalue weighted by atomic mass is 10.0. The van der Waals surface area contributed by atoms with E-state index >= 15 is 0 Å². The van der Waals surface area contributed by atoms with E-state index in [1.54, 1.807) is 6.07 Å². The van der Waals surface area contributed by atoms with Crippen LogP contribution in [0.5, 0.6) is 0 Å². The first-order valence-corrected chi connectivity index (χ1v) is 4.77. The second-order valence-corrected chi connectivity index (χ2v) is 3.66. The average Bonchev–Trinajstić information content (AvgIpc) is 2.62. The zero-order valence-electron chi connectivity index (χ0n) is 7.81. The molecule has 1 saturated heterocycles. The third-order valence-corrected chi connectivity index (χ3v) is 2.64. The second kappa shape index (κ2) is 3.46. The Labute approximate surface area is 78.0 Å². The van der Waals surface area contributed by atoms with Gasteiger partial charge in [0.25, 0.3) is 0 Å². The Balaban J connectivity index is 2.25. The topological polar surface area (TPSA) is 12.0 Å². The van der Waals surface area contributed by atoms with E-state index in [1.165, 1.54) is 18.4 Å². The van der Waals surface area contributed by atoms with E-state index < -0.39 is 0 Å². The normalized spacial score (nSPS) is 22.2. The molecule has 70 valence electrons. The highest BCUT2D eigenvalue weighted by Crippen LogP contribution is 2.24. The van der Waals surface area contributed by atoms with Crippen molar-refractivity contribution in [3.63, 3.8) is 0 Å². The Kier molecular flexibility index (Phi) is 2.32. The maximum absolute atomic E-state index is 13.0. The lowest BCUT2D eigenvalue weighted by Crippen LogP contribution is -2.12. The van der Waals surface area contributed by atoms with Crippen LogP contribution in [0.4, 0.5) is 4.39 Å². The summed E-state index contributed by atoms with van der Waals surface area (Å²) in [6, 6.07) is 5.83. The minimum atomic E-state index is -0.109. The lowest BCUT2D eigenvalue weighted by Gasteiger charge is -2.11. The van der Waals surface area contributed by atoms with Crippen LogP contribution in [-0.4, -0.2) is 6.54 Å². The third-order valence-electron chi connectivity index (χ3n) is 2.64. The molecule has 0 radical (unpaired) electrons. The monoisotopic (exact) mass is 179 g/mol. The van der Waals surface area contributed by atoms with Crippen molar-refractivity contribution < 1.29 is 4.39 Å². The van der Waals surface area contributed by atoms with Crippen LogP contribution in [0, 0.1) is 12.7 Å². The van der Waals surface area contributed by atoms with Crippen molar-refractivity contribution in [2.75, 3.05) is 6.54 Å². The molecule has 2 rings (SSSR count). The van der Waals surface area contributed by atoms with Gasteiger partial charge < -0.3 is 5.32 Å². The predicted molar refractivity (Wildman–Crippen MR) is 51.1 cm³/mol. The van der Waals surface area contributed by atoms with Crippen LogP contribution in [0.1, 0.15) is 30.0 Å². The molecule has 1 aliphatic heterocycles. The predicted octanol–water partition coefficient (Wildman–Crippen LogP) is 2.56. The fourth-order valence-corrected chi connectivity index (χ4v) is 1.85. The van der Waals surface area contributed by atoms with Gasteiger partial charge in [0.15, 0.2) is 0 Å². The summed E-state index contributed by atoms with van der Waals surface area (Å²) in [6.45, 7) is 2.90. The molecule has 2 heteroatoms. The van der Waals surface area contributed by atoms with Gasteiger partial charge in [-0.25, -0.2) is 4.39 Å². The van der Waals surface area contributed by atoms with Gasteiger partial charge >= 0.3 is 0 Å². The van der Waals surface area contributed by atoms with E-state index in [4.69, 9.17) is 0 Å². The summed E-state index contributed by atoms with van der Waals surface area (Å²) >= 11 is 0. The molecule has 0 aromatic heterocycles. The second-order valence-electron chi connectivity index (χ2n) is 3.66. The molecule has 1 fully saturated rings. The van der Waals surface area contributed by atoms with Crippen molar-refractivity contribution in [3.8, 4) is 0 Å². The standard InChI is InChI=1S/C11H14FN/c1-8-7-9(4-5-10(8)12)11-3-2-6-13-11/h4-5,7,11,13H,2-3,6H2,1H3. The summed E-state index contributed by atoms with van der Waals surface area (Å²) in [5.74, 6) is -0.109. The summed E-state index contributed by atoms with van der Waals surface area (Å²) in [5.41, 5.74) is 1.96. The van der Waals surface area contributed by atoms with E-state index in [2.05, 4.69) is 5.32 Å². The third kappa shape index (κ3) is 1.73. The van der Waals surface area contributed by atoms with Gasteiger partial charge in [0, 0.05) is 6.04 Å². The Hall–Kier alpha value is -0.890. The summed E-state index contributed by atoms with van der Waals surface area (Å²) in [5, 5.41) is 3.40. The van der Waals surface area contributed by atoms with Crippen LogP contribution in [-0.2, 0) is 0 Å². The SMILES string of the molecule is Cc1cc(C2CCCN2)ccc1F. The molecule has 1 nitrogen and oxygen atoms in total. The average molecular weight is 179 g/mol. The first kappa shape index (κ1) is 8.70. The molecule has 0 bridgehead atoms. The summed E-state index contributed by atoms with van der Waals surface area (Å²) in [6.07, 6.45) is 2.40. The molecular weight excluding hydrogens is 165 g/mol. The first-order chi connectivity index (χ1) is 6.27. The number of nitrogens with one attached hydrogen (secondary N) is 1. The van der Waals surface area contributed by atoms with Crippen molar-refractivity contribution in [1.82, 2.24) is 5.32 Å². The lowest BCUT2D eigenvalue weighted by molar-refractivity contribution is 0.609. The van der Waals surface area contributed by atoms with Crippen LogP contribution in [0.15, 0.2) is 18.2 Å². The zero-order chi connectivity index (χ0) is 9.26. The van der Waals surface area contributed by atoms with E-state index in [-0.39, 0.29) is 5.82 Å². The number of hydrogen-bond donors (Lipinski definition) is 1. The number of hydrogen-bond acceptors (Lipinski definition) is 1. The van der Waals surface area contributed by atoms with Gasteiger partial charge in [0.05, 0.1) is 0 Å². The van der Waals surface area contributed by atoms with E-state index in [1.807, 2.05) is 19.1 Å². The molecule has 1 aromatic carbocycles. The molecule has 1 aliphatic rings. The maximum Gasteiger partial charge on any atom is 0.126 e.